The maximum atomic E-state index is 12.1. The largest absolute Gasteiger partial charge is 0.494 e. The van der Waals surface area contributed by atoms with Crippen molar-refractivity contribution in [2.45, 2.75) is 46.2 Å². The van der Waals surface area contributed by atoms with E-state index in [0.717, 1.165) is 17.7 Å². The topological polar surface area (TPSA) is 64.3 Å². The van der Waals surface area contributed by atoms with Crippen LogP contribution in [0.15, 0.2) is 24.3 Å². The van der Waals surface area contributed by atoms with Crippen LogP contribution in [-0.4, -0.2) is 18.6 Å². The van der Waals surface area contributed by atoms with E-state index in [2.05, 4.69) is 5.32 Å². The average Bonchev–Trinajstić information content (AvgIpc) is 2.46. The summed E-state index contributed by atoms with van der Waals surface area (Å²) in [7, 11) is 0. The van der Waals surface area contributed by atoms with Crippen molar-refractivity contribution in [2.24, 2.45) is 11.7 Å². The molecule has 4 nitrogen and oxygen atoms in total. The van der Waals surface area contributed by atoms with Gasteiger partial charge in [0.2, 0.25) is 5.91 Å². The van der Waals surface area contributed by atoms with Gasteiger partial charge in [0.25, 0.3) is 0 Å². The molecule has 0 radical (unpaired) electrons. The van der Waals surface area contributed by atoms with Gasteiger partial charge in [0, 0.05) is 0 Å². The highest BCUT2D eigenvalue weighted by molar-refractivity contribution is 5.82. The molecule has 0 spiro atoms. The van der Waals surface area contributed by atoms with Crippen LogP contribution in [0.2, 0.25) is 0 Å². The van der Waals surface area contributed by atoms with Crippen molar-refractivity contribution in [3.05, 3.63) is 29.8 Å². The number of benzene rings is 1. The summed E-state index contributed by atoms with van der Waals surface area (Å²) in [4.78, 5) is 12.1. The molecule has 4 heteroatoms. The van der Waals surface area contributed by atoms with Gasteiger partial charge in [0.15, 0.2) is 0 Å². The van der Waals surface area contributed by atoms with E-state index < -0.39 is 6.04 Å². The summed E-state index contributed by atoms with van der Waals surface area (Å²) in [6.45, 7) is 8.55. The average molecular weight is 278 g/mol. The number of carbonyl (C=O) groups is 1. The van der Waals surface area contributed by atoms with Crippen molar-refractivity contribution in [1.29, 1.82) is 0 Å². The number of nitrogens with two attached hydrogens (primary N) is 1. The predicted octanol–water partition coefficient (Wildman–Crippen LogP) is 2.64. The summed E-state index contributed by atoms with van der Waals surface area (Å²) in [6, 6.07) is 7.21. The van der Waals surface area contributed by atoms with Crippen LogP contribution in [0.4, 0.5) is 0 Å². The van der Waals surface area contributed by atoms with Crippen molar-refractivity contribution in [3.8, 4) is 5.75 Å². The molecule has 0 aromatic heterocycles. The van der Waals surface area contributed by atoms with E-state index in [-0.39, 0.29) is 17.9 Å². The minimum absolute atomic E-state index is 0.0852. The van der Waals surface area contributed by atoms with Gasteiger partial charge in [-0.25, -0.2) is 0 Å². The first-order valence-corrected chi connectivity index (χ1v) is 7.28. The molecule has 1 rings (SSSR count). The second-order valence-corrected chi connectivity index (χ2v) is 5.15. The number of nitrogens with one attached hydrogen (secondary N) is 1. The highest BCUT2D eigenvalue weighted by Crippen LogP contribution is 2.19. The molecule has 1 amide bonds. The lowest BCUT2D eigenvalue weighted by atomic mass is 9.98. The van der Waals surface area contributed by atoms with Crippen LogP contribution < -0.4 is 15.8 Å². The number of amides is 1. The maximum absolute atomic E-state index is 12.1. The number of ether oxygens (including phenoxy) is 1. The molecule has 3 N–H and O–H groups in total. The van der Waals surface area contributed by atoms with Gasteiger partial charge in [0.1, 0.15) is 5.75 Å². The molecule has 0 saturated carbocycles. The zero-order valence-electron chi connectivity index (χ0n) is 12.8. The number of hydrogen-bond donors (Lipinski definition) is 2. The minimum atomic E-state index is -0.461. The first-order valence-electron chi connectivity index (χ1n) is 7.28. The molecule has 0 bridgehead atoms. The summed E-state index contributed by atoms with van der Waals surface area (Å²) in [5.74, 6) is 0.892. The lowest BCUT2D eigenvalue weighted by Crippen LogP contribution is -2.45. The number of carbonyl (C=O) groups excluding carboxylic acids is 1. The summed E-state index contributed by atoms with van der Waals surface area (Å²) in [5.41, 5.74) is 6.95. The lowest BCUT2D eigenvalue weighted by molar-refractivity contribution is -0.124. The Hall–Kier alpha value is -1.55. The maximum Gasteiger partial charge on any atom is 0.237 e. The first kappa shape index (κ1) is 16.5. The van der Waals surface area contributed by atoms with Crippen LogP contribution in [0.1, 0.15) is 45.7 Å². The number of hydrogen-bond acceptors (Lipinski definition) is 3. The van der Waals surface area contributed by atoms with E-state index in [9.17, 15) is 4.79 Å². The molecule has 1 aromatic rings. The van der Waals surface area contributed by atoms with Crippen LogP contribution in [-0.2, 0) is 4.79 Å². The highest BCUT2D eigenvalue weighted by Gasteiger charge is 2.21. The van der Waals surface area contributed by atoms with Crippen molar-refractivity contribution < 1.29 is 9.53 Å². The van der Waals surface area contributed by atoms with Crippen molar-refractivity contribution in [1.82, 2.24) is 5.32 Å². The summed E-state index contributed by atoms with van der Waals surface area (Å²) < 4.78 is 5.47. The predicted molar refractivity (Wildman–Crippen MR) is 81.6 cm³/mol. The highest BCUT2D eigenvalue weighted by atomic mass is 16.5. The van der Waals surface area contributed by atoms with Gasteiger partial charge in [0.05, 0.1) is 18.7 Å². The Balaban J connectivity index is 2.68. The van der Waals surface area contributed by atoms with Crippen LogP contribution in [0.5, 0.6) is 5.75 Å². The van der Waals surface area contributed by atoms with Crippen LogP contribution in [0.25, 0.3) is 0 Å². The zero-order chi connectivity index (χ0) is 15.1. The van der Waals surface area contributed by atoms with Gasteiger partial charge in [-0.3, -0.25) is 4.79 Å². The molecule has 0 unspecified atom stereocenters. The van der Waals surface area contributed by atoms with E-state index in [0.29, 0.717) is 6.61 Å². The second-order valence-electron chi connectivity index (χ2n) is 5.15. The molecule has 0 fully saturated rings. The molecule has 112 valence electrons. The fraction of sp³-hybridized carbons (Fsp3) is 0.562. The third kappa shape index (κ3) is 4.53. The fourth-order valence-electron chi connectivity index (χ4n) is 1.95. The third-order valence-corrected chi connectivity index (χ3v) is 3.59. The van der Waals surface area contributed by atoms with E-state index in [1.165, 1.54) is 0 Å². The van der Waals surface area contributed by atoms with Crippen molar-refractivity contribution in [3.63, 3.8) is 0 Å². The summed E-state index contributed by atoms with van der Waals surface area (Å²) in [6.07, 6.45) is 0.892. The molecule has 0 aliphatic carbocycles. The molecular formula is C16H26N2O2. The Morgan fingerprint density at radius 2 is 2.05 bits per heavy atom. The molecule has 0 aliphatic rings. The van der Waals surface area contributed by atoms with Gasteiger partial charge >= 0.3 is 0 Å². The smallest absolute Gasteiger partial charge is 0.237 e. The lowest BCUT2D eigenvalue weighted by Gasteiger charge is -2.21. The zero-order valence-corrected chi connectivity index (χ0v) is 12.8. The minimum Gasteiger partial charge on any atom is -0.494 e. The SMILES string of the molecule is CCOc1cccc([C@H](C)NC(=O)[C@H](N)[C@@H](C)CC)c1. The first-order chi connectivity index (χ1) is 9.49. The Morgan fingerprint density at radius 3 is 2.65 bits per heavy atom. The normalized spacial score (nSPS) is 15.2. The van der Waals surface area contributed by atoms with Crippen LogP contribution >= 0.6 is 0 Å². The van der Waals surface area contributed by atoms with E-state index in [1.54, 1.807) is 0 Å². The Labute approximate surface area is 121 Å². The van der Waals surface area contributed by atoms with E-state index in [1.807, 2.05) is 52.0 Å². The fourth-order valence-corrected chi connectivity index (χ4v) is 1.95. The summed E-state index contributed by atoms with van der Waals surface area (Å²) >= 11 is 0. The number of rotatable bonds is 7. The molecule has 0 aliphatic heterocycles. The third-order valence-electron chi connectivity index (χ3n) is 3.59. The Morgan fingerprint density at radius 1 is 1.35 bits per heavy atom. The standard InChI is InChI=1S/C16H26N2O2/c1-5-11(3)15(17)16(19)18-12(4)13-8-7-9-14(10-13)20-6-2/h7-12,15H,5-6,17H2,1-4H3,(H,18,19)/t11-,12-,15+/m0/s1. The van der Waals surface area contributed by atoms with Gasteiger partial charge < -0.3 is 15.8 Å². The summed E-state index contributed by atoms with van der Waals surface area (Å²) in [5, 5.41) is 2.96. The van der Waals surface area contributed by atoms with Gasteiger partial charge in [-0.2, -0.15) is 0 Å². The van der Waals surface area contributed by atoms with Crippen LogP contribution in [0, 0.1) is 5.92 Å². The molecule has 20 heavy (non-hydrogen) atoms. The van der Waals surface area contributed by atoms with Crippen LogP contribution in [0.3, 0.4) is 0 Å². The van der Waals surface area contributed by atoms with Crippen molar-refractivity contribution >= 4 is 5.91 Å². The van der Waals surface area contributed by atoms with Crippen molar-refractivity contribution in [2.75, 3.05) is 6.61 Å². The molecule has 3 atom stereocenters. The Kier molecular flexibility index (Phi) is 6.52. The molecule has 0 heterocycles. The monoisotopic (exact) mass is 278 g/mol. The van der Waals surface area contributed by atoms with Gasteiger partial charge in [-0.05, 0) is 37.5 Å². The molecule has 1 aromatic carbocycles. The molecule has 0 saturated heterocycles. The van der Waals surface area contributed by atoms with E-state index in [4.69, 9.17) is 10.5 Å². The quantitative estimate of drug-likeness (QED) is 0.806. The second kappa shape index (κ2) is 7.90. The molecular weight excluding hydrogens is 252 g/mol. The van der Waals surface area contributed by atoms with E-state index >= 15 is 0 Å². The van der Waals surface area contributed by atoms with Gasteiger partial charge in [-0.15, -0.1) is 0 Å². The Bertz CT molecular complexity index is 434. The van der Waals surface area contributed by atoms with Gasteiger partial charge in [-0.1, -0.05) is 32.4 Å².